The Morgan fingerprint density at radius 2 is 2.21 bits per heavy atom. The fourth-order valence-electron chi connectivity index (χ4n) is 1.33. The van der Waals surface area contributed by atoms with E-state index in [1.165, 1.54) is 6.07 Å². The SMILES string of the molecule is NC1=Nc2cc(Br)cc(F)c2C=CC1. The highest BCUT2D eigenvalue weighted by Gasteiger charge is 2.09. The molecule has 4 heteroatoms. The summed E-state index contributed by atoms with van der Waals surface area (Å²) in [5, 5.41) is 0. The van der Waals surface area contributed by atoms with Gasteiger partial charge >= 0.3 is 0 Å². The fraction of sp³-hybridized carbons (Fsp3) is 0.100. The van der Waals surface area contributed by atoms with Crippen LogP contribution >= 0.6 is 15.9 Å². The maximum absolute atomic E-state index is 13.4. The summed E-state index contributed by atoms with van der Waals surface area (Å²) in [6.45, 7) is 0. The Hall–Kier alpha value is -1.16. The first kappa shape index (κ1) is 9.40. The number of hydrogen-bond donors (Lipinski definition) is 1. The standard InChI is InChI=1S/C10H8BrFN2/c11-6-4-8(12)7-2-1-3-10(13)14-9(7)5-6/h1-2,4-5H,3H2,(H2,13,14). The molecule has 1 aliphatic rings. The molecule has 0 saturated carbocycles. The van der Waals surface area contributed by atoms with Crippen molar-refractivity contribution in [3.63, 3.8) is 0 Å². The van der Waals surface area contributed by atoms with Crippen LogP contribution in [0.2, 0.25) is 0 Å². The maximum Gasteiger partial charge on any atom is 0.133 e. The molecule has 2 nitrogen and oxygen atoms in total. The summed E-state index contributed by atoms with van der Waals surface area (Å²) in [6.07, 6.45) is 4.08. The minimum atomic E-state index is -0.288. The Kier molecular flexibility index (Phi) is 2.37. The molecule has 0 unspecified atom stereocenters. The van der Waals surface area contributed by atoms with Gasteiger partial charge in [0.05, 0.1) is 5.69 Å². The zero-order valence-electron chi connectivity index (χ0n) is 7.30. The van der Waals surface area contributed by atoms with Crippen molar-refractivity contribution in [2.24, 2.45) is 10.7 Å². The number of amidine groups is 1. The van der Waals surface area contributed by atoms with Gasteiger partial charge in [-0.1, -0.05) is 28.1 Å². The monoisotopic (exact) mass is 254 g/mol. The van der Waals surface area contributed by atoms with Gasteiger partial charge < -0.3 is 5.73 Å². The lowest BCUT2D eigenvalue weighted by molar-refractivity contribution is 0.624. The van der Waals surface area contributed by atoms with Gasteiger partial charge in [0.1, 0.15) is 11.7 Å². The first-order chi connectivity index (χ1) is 6.66. The largest absolute Gasteiger partial charge is 0.387 e. The number of nitrogens with two attached hydrogens (primary N) is 1. The smallest absolute Gasteiger partial charge is 0.133 e. The van der Waals surface area contributed by atoms with Crippen molar-refractivity contribution < 1.29 is 4.39 Å². The quantitative estimate of drug-likeness (QED) is 0.760. The van der Waals surface area contributed by atoms with Gasteiger partial charge in [-0.3, -0.25) is 0 Å². The fourth-order valence-corrected chi connectivity index (χ4v) is 1.74. The van der Waals surface area contributed by atoms with Crippen LogP contribution in [0.4, 0.5) is 10.1 Å². The molecule has 0 saturated heterocycles. The predicted molar refractivity (Wildman–Crippen MR) is 59.0 cm³/mol. The van der Waals surface area contributed by atoms with E-state index in [4.69, 9.17) is 5.73 Å². The van der Waals surface area contributed by atoms with Crippen molar-refractivity contribution in [3.05, 3.63) is 34.1 Å². The topological polar surface area (TPSA) is 38.4 Å². The number of aliphatic imine (C=N–C) groups is 1. The average Bonchev–Trinajstić information content (AvgIpc) is 2.25. The van der Waals surface area contributed by atoms with Crippen molar-refractivity contribution in [2.75, 3.05) is 0 Å². The van der Waals surface area contributed by atoms with Crippen molar-refractivity contribution in [1.29, 1.82) is 0 Å². The van der Waals surface area contributed by atoms with Crippen LogP contribution in [0.5, 0.6) is 0 Å². The lowest BCUT2D eigenvalue weighted by Gasteiger charge is -2.02. The molecule has 72 valence electrons. The third kappa shape index (κ3) is 1.70. The normalized spacial score (nSPS) is 14.6. The van der Waals surface area contributed by atoms with Gasteiger partial charge in [0.15, 0.2) is 0 Å². The minimum absolute atomic E-state index is 0.288. The van der Waals surface area contributed by atoms with Crippen LogP contribution in [-0.2, 0) is 0 Å². The summed E-state index contributed by atoms with van der Waals surface area (Å²) in [5.41, 5.74) is 6.68. The van der Waals surface area contributed by atoms with Crippen molar-refractivity contribution in [1.82, 2.24) is 0 Å². The van der Waals surface area contributed by atoms with Gasteiger partial charge in [-0.05, 0) is 12.1 Å². The van der Waals surface area contributed by atoms with Gasteiger partial charge in [0.25, 0.3) is 0 Å². The number of benzene rings is 1. The second kappa shape index (κ2) is 3.53. The molecule has 0 amide bonds. The van der Waals surface area contributed by atoms with E-state index in [9.17, 15) is 4.39 Å². The summed E-state index contributed by atoms with van der Waals surface area (Å²) in [6, 6.07) is 3.17. The van der Waals surface area contributed by atoms with Gasteiger partial charge in [-0.25, -0.2) is 9.38 Å². The van der Waals surface area contributed by atoms with Crippen molar-refractivity contribution in [3.8, 4) is 0 Å². The van der Waals surface area contributed by atoms with Crippen LogP contribution in [0.15, 0.2) is 27.7 Å². The maximum atomic E-state index is 13.4. The Labute approximate surface area is 89.5 Å². The Bertz CT molecular complexity index is 438. The average molecular weight is 255 g/mol. The number of hydrogen-bond acceptors (Lipinski definition) is 2. The molecule has 0 spiro atoms. The van der Waals surface area contributed by atoms with Crippen LogP contribution in [0, 0.1) is 5.82 Å². The second-order valence-corrected chi connectivity index (χ2v) is 3.95. The van der Waals surface area contributed by atoms with Gasteiger partial charge in [-0.2, -0.15) is 0 Å². The number of fused-ring (bicyclic) bond motifs is 1. The molecule has 0 aliphatic carbocycles. The summed E-state index contributed by atoms with van der Waals surface area (Å²) >= 11 is 3.21. The molecule has 1 heterocycles. The van der Waals surface area contributed by atoms with Gasteiger partial charge in [0.2, 0.25) is 0 Å². The number of nitrogens with zero attached hydrogens (tertiary/aromatic N) is 1. The van der Waals surface area contributed by atoms with Crippen LogP contribution < -0.4 is 5.73 Å². The second-order valence-electron chi connectivity index (χ2n) is 3.03. The molecule has 0 atom stereocenters. The predicted octanol–water partition coefficient (Wildman–Crippen LogP) is 2.99. The van der Waals surface area contributed by atoms with Crippen LogP contribution in [0.1, 0.15) is 12.0 Å². The van der Waals surface area contributed by atoms with Crippen molar-refractivity contribution in [2.45, 2.75) is 6.42 Å². The molecule has 1 aromatic rings. The zero-order chi connectivity index (χ0) is 10.1. The lowest BCUT2D eigenvalue weighted by atomic mass is 10.1. The molecule has 2 rings (SSSR count). The molecule has 0 radical (unpaired) electrons. The molecular formula is C10H8BrFN2. The number of rotatable bonds is 0. The van der Waals surface area contributed by atoms with E-state index in [-0.39, 0.29) is 5.82 Å². The van der Waals surface area contributed by atoms with Crippen LogP contribution in [0.3, 0.4) is 0 Å². The summed E-state index contributed by atoms with van der Waals surface area (Å²) in [7, 11) is 0. The molecule has 0 bridgehead atoms. The van der Waals surface area contributed by atoms with Crippen LogP contribution in [-0.4, -0.2) is 5.84 Å². The van der Waals surface area contributed by atoms with Gasteiger partial charge in [0, 0.05) is 16.5 Å². The summed E-state index contributed by atoms with van der Waals surface area (Å²) in [5.74, 6) is 0.210. The van der Waals surface area contributed by atoms with E-state index in [0.717, 1.165) is 0 Å². The first-order valence-electron chi connectivity index (χ1n) is 4.15. The van der Waals surface area contributed by atoms with E-state index >= 15 is 0 Å². The molecule has 0 aromatic heterocycles. The molecule has 1 aromatic carbocycles. The van der Waals surface area contributed by atoms with Gasteiger partial charge in [-0.15, -0.1) is 0 Å². The summed E-state index contributed by atoms with van der Waals surface area (Å²) in [4.78, 5) is 4.12. The molecule has 14 heavy (non-hydrogen) atoms. The minimum Gasteiger partial charge on any atom is -0.387 e. The Morgan fingerprint density at radius 3 is 3.00 bits per heavy atom. The first-order valence-corrected chi connectivity index (χ1v) is 4.95. The van der Waals surface area contributed by atoms with E-state index in [0.29, 0.717) is 28.0 Å². The molecular weight excluding hydrogens is 247 g/mol. The van der Waals surface area contributed by atoms with E-state index in [1.54, 1.807) is 12.1 Å². The highest BCUT2D eigenvalue weighted by Crippen LogP contribution is 2.29. The van der Waals surface area contributed by atoms with E-state index in [1.807, 2.05) is 6.08 Å². The lowest BCUT2D eigenvalue weighted by Crippen LogP contribution is -2.08. The third-order valence-corrected chi connectivity index (χ3v) is 2.41. The summed E-state index contributed by atoms with van der Waals surface area (Å²) < 4.78 is 14.1. The number of halogens is 2. The van der Waals surface area contributed by atoms with E-state index < -0.39 is 0 Å². The molecule has 0 fully saturated rings. The molecule has 1 aliphatic heterocycles. The Morgan fingerprint density at radius 1 is 1.43 bits per heavy atom. The highest BCUT2D eigenvalue weighted by molar-refractivity contribution is 9.10. The van der Waals surface area contributed by atoms with Crippen LogP contribution in [0.25, 0.3) is 6.08 Å². The van der Waals surface area contributed by atoms with E-state index in [2.05, 4.69) is 20.9 Å². The highest BCUT2D eigenvalue weighted by atomic mass is 79.9. The molecule has 2 N–H and O–H groups in total. The third-order valence-electron chi connectivity index (χ3n) is 1.95. The van der Waals surface area contributed by atoms with Crippen molar-refractivity contribution >= 4 is 33.5 Å². The zero-order valence-corrected chi connectivity index (χ0v) is 8.88. The Balaban J connectivity index is 2.67.